The van der Waals surface area contributed by atoms with Gasteiger partial charge in [-0.25, -0.2) is 4.99 Å². The zero-order chi connectivity index (χ0) is 24.1. The van der Waals surface area contributed by atoms with Crippen molar-refractivity contribution < 1.29 is 4.99 Å². The first-order chi connectivity index (χ1) is 16.6. The lowest BCUT2D eigenvalue weighted by atomic mass is 9.83. The number of hydrogen-bond acceptors (Lipinski definition) is 2. The summed E-state index contributed by atoms with van der Waals surface area (Å²) in [5, 5.41) is 0. The summed E-state index contributed by atoms with van der Waals surface area (Å²) in [6.45, 7) is 9.37. The molecule has 1 N–H and O–H groups in total. The van der Waals surface area contributed by atoms with Gasteiger partial charge in [-0.2, -0.15) is 0 Å². The predicted octanol–water partition coefficient (Wildman–Crippen LogP) is 5.02. The summed E-state index contributed by atoms with van der Waals surface area (Å²) in [5.74, 6) is 0. The van der Waals surface area contributed by atoms with Crippen molar-refractivity contribution in [3.63, 3.8) is 0 Å². The van der Waals surface area contributed by atoms with Crippen molar-refractivity contribution in [2.45, 2.75) is 20.8 Å². The van der Waals surface area contributed by atoms with Crippen LogP contribution in [0, 0.1) is 0 Å². The lowest BCUT2D eigenvalue weighted by Gasteiger charge is -2.22. The molecule has 1 aliphatic carbocycles. The topological polar surface area (TPSA) is 20.5 Å². The maximum Gasteiger partial charge on any atom is 0.206 e. The van der Waals surface area contributed by atoms with Crippen LogP contribution in [-0.2, 0) is 0 Å². The van der Waals surface area contributed by atoms with Crippen molar-refractivity contribution in [3.8, 4) is 0 Å². The predicted molar refractivity (Wildman–Crippen MR) is 148 cm³/mol. The minimum Gasteiger partial charge on any atom is -0.375 e. The van der Waals surface area contributed by atoms with Crippen molar-refractivity contribution in [3.05, 3.63) is 107 Å². The molecular weight excluding hydrogens is 414 g/mol. The second kappa shape index (κ2) is 10.6. The highest BCUT2D eigenvalue weighted by molar-refractivity contribution is 6.17. The summed E-state index contributed by atoms with van der Waals surface area (Å²) < 4.78 is 0. The van der Waals surface area contributed by atoms with Gasteiger partial charge in [0.25, 0.3) is 0 Å². The molecule has 0 radical (unpaired) electrons. The van der Waals surface area contributed by atoms with Gasteiger partial charge < -0.3 is 9.80 Å². The number of fused-ring (bicyclic) bond motifs is 1. The number of nitrogens with zero attached hydrogens (tertiary/aromatic N) is 2. The van der Waals surface area contributed by atoms with E-state index in [4.69, 9.17) is 0 Å². The van der Waals surface area contributed by atoms with E-state index >= 15 is 0 Å². The van der Waals surface area contributed by atoms with Crippen LogP contribution in [0.15, 0.2) is 84.9 Å². The molecule has 0 amide bonds. The minimum absolute atomic E-state index is 0.902. The summed E-state index contributed by atoms with van der Waals surface area (Å²) in [6.07, 6.45) is 4.49. The first-order valence-corrected chi connectivity index (χ1v) is 12.3. The average molecular weight is 451 g/mol. The van der Waals surface area contributed by atoms with Crippen LogP contribution in [0.1, 0.15) is 43.0 Å². The zero-order valence-electron chi connectivity index (χ0n) is 21.1. The highest BCUT2D eigenvalue weighted by Gasteiger charge is 2.22. The number of benzene rings is 3. The lowest BCUT2D eigenvalue weighted by Crippen LogP contribution is -2.72. The molecule has 0 saturated carbocycles. The number of nitrogens with one attached hydrogen (secondary N) is 1. The molecule has 0 bridgehead atoms. The highest BCUT2D eigenvalue weighted by atomic mass is 15.1. The van der Waals surface area contributed by atoms with Gasteiger partial charge in [0.1, 0.15) is 6.54 Å². The molecule has 174 valence electrons. The van der Waals surface area contributed by atoms with Crippen molar-refractivity contribution >= 4 is 28.2 Å². The van der Waals surface area contributed by atoms with E-state index in [-0.39, 0.29) is 0 Å². The molecule has 1 aliphatic rings. The monoisotopic (exact) mass is 450 g/mol. The normalized spacial score (nSPS) is 13.7. The molecule has 3 aromatic carbocycles. The number of anilines is 2. The Morgan fingerprint density at radius 2 is 1.15 bits per heavy atom. The lowest BCUT2D eigenvalue weighted by molar-refractivity contribution is -0.450. The Hall–Kier alpha value is -3.59. The third-order valence-corrected chi connectivity index (χ3v) is 6.70. The van der Waals surface area contributed by atoms with Crippen LogP contribution in [0.3, 0.4) is 0 Å². The van der Waals surface area contributed by atoms with Gasteiger partial charge >= 0.3 is 0 Å². The Balaban J connectivity index is 1.92. The molecule has 3 nitrogen and oxygen atoms in total. The second-order valence-electron chi connectivity index (χ2n) is 8.73. The summed E-state index contributed by atoms with van der Waals surface area (Å²) >= 11 is 0. The van der Waals surface area contributed by atoms with Gasteiger partial charge in [0.05, 0.1) is 5.56 Å². The summed E-state index contributed by atoms with van der Waals surface area (Å²) in [5.41, 5.74) is 11.1. The number of allylic oxidation sites excluding steroid dienone is 3. The first-order valence-electron chi connectivity index (χ1n) is 12.3. The Labute approximate surface area is 204 Å². The third kappa shape index (κ3) is 4.70. The van der Waals surface area contributed by atoms with Crippen molar-refractivity contribution in [2.75, 3.05) is 43.5 Å². The maximum atomic E-state index is 3.53. The van der Waals surface area contributed by atoms with E-state index < -0.39 is 0 Å². The van der Waals surface area contributed by atoms with E-state index in [1.807, 2.05) is 0 Å². The maximum absolute atomic E-state index is 3.53. The molecule has 0 saturated heterocycles. The van der Waals surface area contributed by atoms with Gasteiger partial charge in [-0.15, -0.1) is 0 Å². The van der Waals surface area contributed by atoms with Gasteiger partial charge in [0, 0.05) is 44.6 Å². The van der Waals surface area contributed by atoms with Crippen molar-refractivity contribution in [1.82, 2.24) is 0 Å². The van der Waals surface area contributed by atoms with Gasteiger partial charge in [0.15, 0.2) is 0 Å². The quantitative estimate of drug-likeness (QED) is 0.546. The molecule has 0 aromatic heterocycles. The zero-order valence-corrected chi connectivity index (χ0v) is 21.1. The Morgan fingerprint density at radius 3 is 1.62 bits per heavy atom. The van der Waals surface area contributed by atoms with Crippen LogP contribution >= 0.6 is 0 Å². The fourth-order valence-corrected chi connectivity index (χ4v) is 4.47. The first kappa shape index (κ1) is 23.6. The highest BCUT2D eigenvalue weighted by Crippen LogP contribution is 2.37. The van der Waals surface area contributed by atoms with E-state index in [1.165, 1.54) is 50.5 Å². The molecule has 3 aromatic rings. The van der Waals surface area contributed by atoms with E-state index in [1.54, 1.807) is 0 Å². The molecule has 0 heterocycles. The number of hydrogen-bond donors (Lipinski definition) is 1. The molecule has 0 atom stereocenters. The standard InChI is InChI=1S/C31H35N3/c1-6-32-30-22-21-29(27-11-9-10-12-28(27)30)31(23-13-17-25(18-14-23)33(4)7-2)24-15-19-26(20-16-24)34(5)8-3/h9-22H,6-8H2,1-5H3/p+1. The third-order valence-electron chi connectivity index (χ3n) is 6.70. The van der Waals surface area contributed by atoms with E-state index in [0.29, 0.717) is 0 Å². The van der Waals surface area contributed by atoms with Crippen LogP contribution in [-0.4, -0.2) is 39.4 Å². The van der Waals surface area contributed by atoms with E-state index in [0.717, 1.165) is 19.6 Å². The average Bonchev–Trinajstić information content (AvgIpc) is 2.90. The fourth-order valence-electron chi connectivity index (χ4n) is 4.47. The SMILES string of the molecule is CC[NH+]=C1C=CC(=C(c2ccc(N(C)CC)cc2)c2ccc(N(C)CC)cc2)c2ccccc21. The van der Waals surface area contributed by atoms with Crippen LogP contribution in [0.4, 0.5) is 11.4 Å². The minimum atomic E-state index is 0.902. The Kier molecular flexibility index (Phi) is 7.32. The summed E-state index contributed by atoms with van der Waals surface area (Å²) in [6, 6.07) is 26.7. The molecular formula is C31H36N3+. The van der Waals surface area contributed by atoms with Crippen LogP contribution in [0.2, 0.25) is 0 Å². The largest absolute Gasteiger partial charge is 0.375 e. The van der Waals surface area contributed by atoms with Gasteiger partial charge in [-0.1, -0.05) is 42.5 Å². The van der Waals surface area contributed by atoms with Crippen LogP contribution in [0.25, 0.3) is 11.1 Å². The van der Waals surface area contributed by atoms with Crippen LogP contribution in [0.5, 0.6) is 0 Å². The molecule has 34 heavy (non-hydrogen) atoms. The molecule has 3 heteroatoms. The summed E-state index contributed by atoms with van der Waals surface area (Å²) in [7, 11) is 4.27. The van der Waals surface area contributed by atoms with E-state index in [2.05, 4.69) is 135 Å². The molecule has 0 unspecified atom stereocenters. The van der Waals surface area contributed by atoms with Crippen LogP contribution < -0.4 is 14.8 Å². The Morgan fingerprint density at radius 1 is 0.647 bits per heavy atom. The van der Waals surface area contributed by atoms with E-state index in [9.17, 15) is 0 Å². The van der Waals surface area contributed by atoms with Crippen molar-refractivity contribution in [1.29, 1.82) is 0 Å². The fraction of sp³-hybridized carbons (Fsp3) is 0.258. The number of rotatable bonds is 7. The Bertz CT molecular complexity index is 1160. The van der Waals surface area contributed by atoms with Gasteiger partial charge in [-0.3, -0.25) is 0 Å². The second-order valence-corrected chi connectivity index (χ2v) is 8.73. The molecule has 4 rings (SSSR count). The van der Waals surface area contributed by atoms with Gasteiger partial charge in [0.2, 0.25) is 5.71 Å². The van der Waals surface area contributed by atoms with Crippen molar-refractivity contribution in [2.24, 2.45) is 0 Å². The summed E-state index contributed by atoms with van der Waals surface area (Å²) in [4.78, 5) is 8.06. The van der Waals surface area contributed by atoms with Gasteiger partial charge in [-0.05, 0) is 85.0 Å². The molecule has 0 aliphatic heterocycles. The smallest absolute Gasteiger partial charge is 0.206 e. The molecule has 0 spiro atoms. The molecule has 0 fully saturated rings.